The van der Waals surface area contributed by atoms with Gasteiger partial charge in [0.05, 0.1) is 13.2 Å². The summed E-state index contributed by atoms with van der Waals surface area (Å²) in [6, 6.07) is 7.91. The number of para-hydroxylation sites is 1. The van der Waals surface area contributed by atoms with E-state index in [1.807, 2.05) is 52.0 Å². The van der Waals surface area contributed by atoms with Gasteiger partial charge in [-0.25, -0.2) is 4.99 Å². The molecule has 3 N–H and O–H groups in total. The van der Waals surface area contributed by atoms with Crippen LogP contribution in [-0.4, -0.2) is 38.1 Å². The van der Waals surface area contributed by atoms with Crippen molar-refractivity contribution in [1.82, 2.24) is 16.0 Å². The smallest absolute Gasteiger partial charge is 0.222 e. The second-order valence-electron chi connectivity index (χ2n) is 5.61. The minimum atomic E-state index is 0.00183. The Kier molecular flexibility index (Phi) is 9.34. The number of ether oxygens (including phenoxy) is 1. The van der Waals surface area contributed by atoms with E-state index in [2.05, 4.69) is 20.9 Å². The number of benzene rings is 1. The highest BCUT2D eigenvalue weighted by molar-refractivity contribution is 5.80. The van der Waals surface area contributed by atoms with Crippen molar-refractivity contribution >= 4 is 11.9 Å². The average molecular weight is 334 g/mol. The van der Waals surface area contributed by atoms with Crippen molar-refractivity contribution in [3.63, 3.8) is 0 Å². The predicted molar refractivity (Wildman–Crippen MR) is 98.3 cm³/mol. The first-order valence-corrected chi connectivity index (χ1v) is 8.59. The summed E-state index contributed by atoms with van der Waals surface area (Å²) in [4.78, 5) is 16.1. The van der Waals surface area contributed by atoms with Crippen LogP contribution < -0.4 is 20.7 Å². The third-order valence-corrected chi connectivity index (χ3v) is 3.27. The summed E-state index contributed by atoms with van der Waals surface area (Å²) >= 11 is 0. The molecule has 0 fully saturated rings. The van der Waals surface area contributed by atoms with Crippen molar-refractivity contribution in [2.75, 3.05) is 26.2 Å². The molecular formula is C18H30N4O2. The maximum Gasteiger partial charge on any atom is 0.222 e. The molecule has 0 aromatic heterocycles. The molecule has 0 spiro atoms. The van der Waals surface area contributed by atoms with Crippen LogP contribution in [0.25, 0.3) is 0 Å². The molecule has 1 aromatic carbocycles. The summed E-state index contributed by atoms with van der Waals surface area (Å²) in [6.07, 6.45) is 0. The average Bonchev–Trinajstić information content (AvgIpc) is 2.57. The molecule has 134 valence electrons. The number of rotatable bonds is 9. The quantitative estimate of drug-likeness (QED) is 0.366. The first-order valence-electron chi connectivity index (χ1n) is 8.59. The molecule has 24 heavy (non-hydrogen) atoms. The summed E-state index contributed by atoms with van der Waals surface area (Å²) in [6.45, 7) is 10.9. The van der Waals surface area contributed by atoms with Crippen LogP contribution in [0.3, 0.4) is 0 Å². The summed E-state index contributed by atoms with van der Waals surface area (Å²) in [5, 5.41) is 9.30. The van der Waals surface area contributed by atoms with E-state index in [1.165, 1.54) is 0 Å². The van der Waals surface area contributed by atoms with Crippen molar-refractivity contribution in [3.05, 3.63) is 29.8 Å². The fourth-order valence-electron chi connectivity index (χ4n) is 2.01. The van der Waals surface area contributed by atoms with Crippen molar-refractivity contribution in [2.45, 2.75) is 34.2 Å². The zero-order valence-electron chi connectivity index (χ0n) is 15.2. The second-order valence-corrected chi connectivity index (χ2v) is 5.61. The van der Waals surface area contributed by atoms with Crippen LogP contribution in [0.2, 0.25) is 0 Å². The molecule has 6 nitrogen and oxygen atoms in total. The maximum absolute atomic E-state index is 11.5. The Hall–Kier alpha value is -2.24. The molecule has 1 rings (SSSR count). The van der Waals surface area contributed by atoms with E-state index in [-0.39, 0.29) is 11.8 Å². The summed E-state index contributed by atoms with van der Waals surface area (Å²) in [7, 11) is 0. The van der Waals surface area contributed by atoms with E-state index < -0.39 is 0 Å². The standard InChI is InChI=1S/C18H30N4O2/c1-5-19-18(21-12-11-20-17(23)14(3)4)22-13-15-9-7-8-10-16(15)24-6-2/h7-10,14H,5-6,11-13H2,1-4H3,(H,20,23)(H2,19,21,22). The van der Waals surface area contributed by atoms with Gasteiger partial charge in [-0.2, -0.15) is 0 Å². The summed E-state index contributed by atoms with van der Waals surface area (Å²) < 4.78 is 5.62. The normalized spacial score (nSPS) is 11.3. The Balaban J connectivity index is 2.55. The Bertz CT molecular complexity index is 530. The monoisotopic (exact) mass is 334 g/mol. The highest BCUT2D eigenvalue weighted by Crippen LogP contribution is 2.18. The van der Waals surface area contributed by atoms with E-state index >= 15 is 0 Å². The van der Waals surface area contributed by atoms with Gasteiger partial charge in [-0.15, -0.1) is 0 Å². The Labute approximate surface area is 145 Å². The molecule has 0 unspecified atom stereocenters. The highest BCUT2D eigenvalue weighted by atomic mass is 16.5. The summed E-state index contributed by atoms with van der Waals surface area (Å²) in [5.41, 5.74) is 1.05. The lowest BCUT2D eigenvalue weighted by Gasteiger charge is -2.13. The van der Waals surface area contributed by atoms with Gasteiger partial charge in [0.15, 0.2) is 5.96 Å². The molecule has 0 radical (unpaired) electrons. The molecule has 0 saturated heterocycles. The van der Waals surface area contributed by atoms with Gasteiger partial charge in [-0.3, -0.25) is 4.79 Å². The molecule has 0 aliphatic rings. The van der Waals surface area contributed by atoms with Crippen LogP contribution in [0, 0.1) is 5.92 Å². The van der Waals surface area contributed by atoms with Gasteiger partial charge in [0.1, 0.15) is 5.75 Å². The van der Waals surface area contributed by atoms with Gasteiger partial charge in [0.2, 0.25) is 5.91 Å². The largest absolute Gasteiger partial charge is 0.494 e. The van der Waals surface area contributed by atoms with Crippen LogP contribution in [0.4, 0.5) is 0 Å². The van der Waals surface area contributed by atoms with E-state index in [9.17, 15) is 4.79 Å². The minimum Gasteiger partial charge on any atom is -0.494 e. The third-order valence-electron chi connectivity index (χ3n) is 3.27. The fraction of sp³-hybridized carbons (Fsp3) is 0.556. The van der Waals surface area contributed by atoms with Gasteiger partial charge in [-0.1, -0.05) is 32.0 Å². The first kappa shape index (κ1) is 19.8. The number of nitrogens with zero attached hydrogens (tertiary/aromatic N) is 1. The molecule has 0 aliphatic carbocycles. The van der Waals surface area contributed by atoms with Crippen molar-refractivity contribution in [2.24, 2.45) is 10.9 Å². The number of carbonyl (C=O) groups excluding carboxylic acids is 1. The van der Waals surface area contributed by atoms with Crippen molar-refractivity contribution in [1.29, 1.82) is 0 Å². The fourth-order valence-corrected chi connectivity index (χ4v) is 2.01. The van der Waals surface area contributed by atoms with Crippen LogP contribution in [0.5, 0.6) is 5.75 Å². The Morgan fingerprint density at radius 3 is 2.50 bits per heavy atom. The van der Waals surface area contributed by atoms with Gasteiger partial charge in [-0.05, 0) is 19.9 Å². The number of amides is 1. The highest BCUT2D eigenvalue weighted by Gasteiger charge is 2.06. The van der Waals surface area contributed by atoms with E-state index in [1.54, 1.807) is 0 Å². The molecule has 0 bridgehead atoms. The van der Waals surface area contributed by atoms with Crippen LogP contribution >= 0.6 is 0 Å². The Morgan fingerprint density at radius 1 is 1.12 bits per heavy atom. The van der Waals surface area contributed by atoms with E-state index in [4.69, 9.17) is 4.74 Å². The van der Waals surface area contributed by atoms with Gasteiger partial charge in [0, 0.05) is 31.1 Å². The lowest BCUT2D eigenvalue weighted by Crippen LogP contribution is -2.42. The molecular weight excluding hydrogens is 304 g/mol. The number of aliphatic imine (C=N–C) groups is 1. The lowest BCUT2D eigenvalue weighted by molar-refractivity contribution is -0.123. The van der Waals surface area contributed by atoms with Crippen molar-refractivity contribution < 1.29 is 9.53 Å². The third kappa shape index (κ3) is 7.35. The van der Waals surface area contributed by atoms with Crippen LogP contribution in [0.15, 0.2) is 29.3 Å². The Morgan fingerprint density at radius 2 is 1.83 bits per heavy atom. The summed E-state index contributed by atoms with van der Waals surface area (Å²) in [5.74, 6) is 1.65. The number of carbonyl (C=O) groups is 1. The molecule has 1 amide bonds. The number of guanidine groups is 1. The SMILES string of the molecule is CCNC(=NCc1ccccc1OCC)NCCNC(=O)C(C)C. The van der Waals surface area contributed by atoms with Crippen molar-refractivity contribution in [3.8, 4) is 5.75 Å². The molecule has 1 aromatic rings. The second kappa shape index (κ2) is 11.3. The molecule has 0 atom stereocenters. The zero-order valence-corrected chi connectivity index (χ0v) is 15.2. The lowest BCUT2D eigenvalue weighted by atomic mass is 10.2. The molecule has 0 aliphatic heterocycles. The van der Waals surface area contributed by atoms with Crippen LogP contribution in [0.1, 0.15) is 33.3 Å². The molecule has 0 heterocycles. The molecule has 0 saturated carbocycles. The molecule has 6 heteroatoms. The minimum absolute atomic E-state index is 0.00183. The van der Waals surface area contributed by atoms with E-state index in [0.717, 1.165) is 23.8 Å². The maximum atomic E-state index is 11.5. The predicted octanol–water partition coefficient (Wildman–Crippen LogP) is 1.91. The van der Waals surface area contributed by atoms with Gasteiger partial charge < -0.3 is 20.7 Å². The number of nitrogens with one attached hydrogen (secondary N) is 3. The zero-order chi connectivity index (χ0) is 17.8. The van der Waals surface area contributed by atoms with Gasteiger partial charge >= 0.3 is 0 Å². The number of hydrogen-bond acceptors (Lipinski definition) is 3. The first-order chi connectivity index (χ1) is 11.6. The van der Waals surface area contributed by atoms with Crippen LogP contribution in [-0.2, 0) is 11.3 Å². The van der Waals surface area contributed by atoms with E-state index in [0.29, 0.717) is 26.2 Å². The number of hydrogen-bond donors (Lipinski definition) is 3. The van der Waals surface area contributed by atoms with Gasteiger partial charge in [0.25, 0.3) is 0 Å². The topological polar surface area (TPSA) is 74.8 Å².